The normalized spacial score (nSPS) is 22.0. The first-order valence-corrected chi connectivity index (χ1v) is 12.1. The number of nitro benzene ring substituents is 1. The van der Waals surface area contributed by atoms with E-state index in [1.807, 2.05) is 0 Å². The molecule has 0 bridgehead atoms. The van der Waals surface area contributed by atoms with Gasteiger partial charge in [-0.25, -0.2) is 0 Å². The Labute approximate surface area is 185 Å². The summed E-state index contributed by atoms with van der Waals surface area (Å²) in [6.45, 7) is 7.26. The van der Waals surface area contributed by atoms with Crippen LogP contribution in [0.1, 0.15) is 68.6 Å². The molecule has 170 valence electrons. The summed E-state index contributed by atoms with van der Waals surface area (Å²) in [6, 6.07) is 4.87. The summed E-state index contributed by atoms with van der Waals surface area (Å²) in [5, 5.41) is 14.5. The molecule has 1 aromatic carbocycles. The summed E-state index contributed by atoms with van der Waals surface area (Å²) >= 11 is 0. The fourth-order valence-electron chi connectivity index (χ4n) is 5.43. The van der Waals surface area contributed by atoms with Crippen LogP contribution in [0.25, 0.3) is 0 Å². The van der Waals surface area contributed by atoms with E-state index in [4.69, 9.17) is 0 Å². The van der Waals surface area contributed by atoms with Crippen molar-refractivity contribution in [2.45, 2.75) is 64.3 Å². The fourth-order valence-corrected chi connectivity index (χ4v) is 5.43. The lowest BCUT2D eigenvalue weighted by atomic mass is 9.97. The Kier molecular flexibility index (Phi) is 7.10. The molecule has 1 saturated carbocycles. The van der Waals surface area contributed by atoms with Gasteiger partial charge in [0.25, 0.3) is 11.6 Å². The fraction of sp³-hybridized carbons (Fsp3) is 0.708. The number of nitrogens with zero attached hydrogens (tertiary/aromatic N) is 3. The molecular weight excluding hydrogens is 392 g/mol. The smallest absolute Gasteiger partial charge is 0.270 e. The van der Waals surface area contributed by atoms with Gasteiger partial charge in [0, 0.05) is 50.9 Å². The highest BCUT2D eigenvalue weighted by molar-refractivity contribution is 6.00. The van der Waals surface area contributed by atoms with Crippen LogP contribution in [0.4, 0.5) is 11.4 Å². The van der Waals surface area contributed by atoms with Crippen LogP contribution in [0, 0.1) is 22.0 Å². The summed E-state index contributed by atoms with van der Waals surface area (Å²) in [7, 11) is 0. The molecule has 0 atom stereocenters. The maximum atomic E-state index is 13.2. The van der Waals surface area contributed by atoms with Crippen LogP contribution < -0.4 is 10.2 Å². The summed E-state index contributed by atoms with van der Waals surface area (Å²) in [5.41, 5.74) is 1.25. The number of non-ortho nitro benzene ring substituents is 1. The Morgan fingerprint density at radius 1 is 1.06 bits per heavy atom. The molecule has 0 radical (unpaired) electrons. The number of hydrogen-bond donors (Lipinski definition) is 1. The zero-order chi connectivity index (χ0) is 21.8. The molecule has 1 aromatic rings. The SMILES string of the molecule is CC1CCN(c2ccc([N+](=O)[O-])cc2C(=O)NC2CCN(CC3CCCC3)CC2)CC1. The quantitative estimate of drug-likeness (QED) is 0.542. The number of nitro groups is 1. The molecule has 2 saturated heterocycles. The highest BCUT2D eigenvalue weighted by atomic mass is 16.6. The predicted molar refractivity (Wildman–Crippen MR) is 123 cm³/mol. The van der Waals surface area contributed by atoms with Crippen molar-refractivity contribution in [3.05, 3.63) is 33.9 Å². The summed E-state index contributed by atoms with van der Waals surface area (Å²) in [5.74, 6) is 1.36. The van der Waals surface area contributed by atoms with Crippen molar-refractivity contribution in [3.8, 4) is 0 Å². The van der Waals surface area contributed by atoms with Gasteiger partial charge in [-0.05, 0) is 56.4 Å². The van der Waals surface area contributed by atoms with E-state index in [9.17, 15) is 14.9 Å². The zero-order valence-electron chi connectivity index (χ0n) is 18.7. The Morgan fingerprint density at radius 2 is 1.74 bits per heavy atom. The monoisotopic (exact) mass is 428 g/mol. The van der Waals surface area contributed by atoms with Crippen molar-refractivity contribution < 1.29 is 9.72 Å². The Bertz CT molecular complexity index is 777. The van der Waals surface area contributed by atoms with Gasteiger partial charge in [-0.1, -0.05) is 19.8 Å². The van der Waals surface area contributed by atoms with Crippen LogP contribution in [-0.2, 0) is 0 Å². The first kappa shape index (κ1) is 22.1. The number of likely N-dealkylation sites (tertiary alicyclic amines) is 1. The molecule has 4 rings (SSSR count). The standard InChI is InChI=1S/C24H36N4O3/c1-18-8-14-27(15-9-18)23-7-6-21(28(30)31)16-22(23)24(29)25-20-10-12-26(13-11-20)17-19-4-2-3-5-19/h6-7,16,18-20H,2-5,8-15,17H2,1H3,(H,25,29). The molecule has 1 N–H and O–H groups in total. The van der Waals surface area contributed by atoms with Crippen LogP contribution in [-0.4, -0.2) is 54.5 Å². The molecule has 2 aliphatic heterocycles. The van der Waals surface area contributed by atoms with Crippen LogP contribution in [0.2, 0.25) is 0 Å². The van der Waals surface area contributed by atoms with Crippen LogP contribution in [0.15, 0.2) is 18.2 Å². The second-order valence-corrected chi connectivity index (χ2v) is 9.83. The average molecular weight is 429 g/mol. The van der Waals surface area contributed by atoms with Gasteiger partial charge in [-0.15, -0.1) is 0 Å². The predicted octanol–water partition coefficient (Wildman–Crippen LogP) is 4.22. The number of rotatable bonds is 6. The summed E-state index contributed by atoms with van der Waals surface area (Å²) in [4.78, 5) is 28.9. The molecule has 1 amide bonds. The Hall–Kier alpha value is -2.15. The molecule has 2 heterocycles. The maximum absolute atomic E-state index is 13.2. The lowest BCUT2D eigenvalue weighted by Gasteiger charge is -2.35. The Morgan fingerprint density at radius 3 is 2.39 bits per heavy atom. The maximum Gasteiger partial charge on any atom is 0.270 e. The van der Waals surface area contributed by atoms with Crippen LogP contribution in [0.3, 0.4) is 0 Å². The molecule has 0 aromatic heterocycles. The number of piperidine rings is 2. The zero-order valence-corrected chi connectivity index (χ0v) is 18.7. The molecule has 1 aliphatic carbocycles. The van der Waals surface area contributed by atoms with Gasteiger partial charge in [0.2, 0.25) is 0 Å². The van der Waals surface area contributed by atoms with E-state index in [0.717, 1.165) is 63.5 Å². The first-order valence-electron chi connectivity index (χ1n) is 12.1. The van der Waals surface area contributed by atoms with Crippen LogP contribution >= 0.6 is 0 Å². The molecule has 0 unspecified atom stereocenters. The highest BCUT2D eigenvalue weighted by Gasteiger charge is 2.27. The van der Waals surface area contributed by atoms with E-state index in [1.165, 1.54) is 44.4 Å². The summed E-state index contributed by atoms with van der Waals surface area (Å²) < 4.78 is 0. The van der Waals surface area contributed by atoms with Crippen LogP contribution in [0.5, 0.6) is 0 Å². The van der Waals surface area contributed by atoms with E-state index < -0.39 is 4.92 Å². The minimum atomic E-state index is -0.416. The molecular formula is C24H36N4O3. The minimum Gasteiger partial charge on any atom is -0.371 e. The van der Waals surface area contributed by atoms with Crippen molar-refractivity contribution in [3.63, 3.8) is 0 Å². The average Bonchev–Trinajstić information content (AvgIpc) is 3.28. The van der Waals surface area contributed by atoms with E-state index in [1.54, 1.807) is 6.07 Å². The minimum absolute atomic E-state index is 0.0225. The van der Waals surface area contributed by atoms with Crippen molar-refractivity contribution in [1.82, 2.24) is 10.2 Å². The first-order chi connectivity index (χ1) is 15.0. The lowest BCUT2D eigenvalue weighted by Crippen LogP contribution is -2.46. The highest BCUT2D eigenvalue weighted by Crippen LogP contribution is 2.30. The second-order valence-electron chi connectivity index (χ2n) is 9.83. The van der Waals surface area contributed by atoms with Gasteiger partial charge in [0.15, 0.2) is 0 Å². The largest absolute Gasteiger partial charge is 0.371 e. The second kappa shape index (κ2) is 9.98. The summed E-state index contributed by atoms with van der Waals surface area (Å²) in [6.07, 6.45) is 9.53. The van der Waals surface area contributed by atoms with Gasteiger partial charge in [0.1, 0.15) is 0 Å². The topological polar surface area (TPSA) is 78.7 Å². The molecule has 3 fully saturated rings. The van der Waals surface area contributed by atoms with Gasteiger partial charge in [-0.2, -0.15) is 0 Å². The van der Waals surface area contributed by atoms with Gasteiger partial charge >= 0.3 is 0 Å². The molecule has 3 aliphatic rings. The molecule has 7 nitrogen and oxygen atoms in total. The number of anilines is 1. The number of benzene rings is 1. The van der Waals surface area contributed by atoms with Crippen molar-refractivity contribution in [2.24, 2.45) is 11.8 Å². The van der Waals surface area contributed by atoms with Crippen molar-refractivity contribution in [2.75, 3.05) is 37.6 Å². The van der Waals surface area contributed by atoms with E-state index >= 15 is 0 Å². The molecule has 0 spiro atoms. The number of hydrogen-bond acceptors (Lipinski definition) is 5. The lowest BCUT2D eigenvalue weighted by molar-refractivity contribution is -0.384. The van der Waals surface area contributed by atoms with E-state index in [-0.39, 0.29) is 17.6 Å². The van der Waals surface area contributed by atoms with Crippen molar-refractivity contribution in [1.29, 1.82) is 0 Å². The third-order valence-corrected chi connectivity index (χ3v) is 7.47. The third-order valence-electron chi connectivity index (χ3n) is 7.47. The number of carbonyl (C=O) groups is 1. The number of carbonyl (C=O) groups excluding carboxylic acids is 1. The molecule has 31 heavy (non-hydrogen) atoms. The van der Waals surface area contributed by atoms with E-state index in [2.05, 4.69) is 22.0 Å². The number of amides is 1. The molecule has 7 heteroatoms. The third kappa shape index (κ3) is 5.56. The van der Waals surface area contributed by atoms with Gasteiger partial charge < -0.3 is 15.1 Å². The van der Waals surface area contributed by atoms with E-state index in [0.29, 0.717) is 11.5 Å². The van der Waals surface area contributed by atoms with Gasteiger partial charge in [0.05, 0.1) is 16.2 Å². The Balaban J connectivity index is 1.40. The number of nitrogens with one attached hydrogen (secondary N) is 1. The van der Waals surface area contributed by atoms with Gasteiger partial charge in [-0.3, -0.25) is 14.9 Å². The van der Waals surface area contributed by atoms with Crippen molar-refractivity contribution >= 4 is 17.3 Å².